The van der Waals surface area contributed by atoms with E-state index in [1.54, 1.807) is 24.0 Å². The van der Waals surface area contributed by atoms with Gasteiger partial charge in [-0.25, -0.2) is 12.7 Å². The van der Waals surface area contributed by atoms with Crippen molar-refractivity contribution in [1.82, 2.24) is 19.4 Å². The van der Waals surface area contributed by atoms with Crippen molar-refractivity contribution in [2.75, 3.05) is 27.2 Å². The summed E-state index contributed by atoms with van der Waals surface area (Å²) in [6, 6.07) is 6.17. The number of hydrogen-bond acceptors (Lipinski definition) is 6. The maximum absolute atomic E-state index is 12.8. The van der Waals surface area contributed by atoms with Crippen molar-refractivity contribution in [1.29, 1.82) is 0 Å². The molecule has 1 aliphatic rings. The lowest BCUT2D eigenvalue weighted by Gasteiger charge is -2.30. The molecular weight excluding hydrogens is 356 g/mol. The number of aromatic nitrogens is 2. The van der Waals surface area contributed by atoms with E-state index in [0.29, 0.717) is 30.4 Å². The Morgan fingerprint density at radius 1 is 1.23 bits per heavy atom. The number of nitrogens with zero attached hydrogens (tertiary/aromatic N) is 4. The molecule has 1 aliphatic heterocycles. The first-order valence-corrected chi connectivity index (χ1v) is 9.85. The van der Waals surface area contributed by atoms with Gasteiger partial charge in [0.05, 0.1) is 4.90 Å². The molecule has 0 spiro atoms. The summed E-state index contributed by atoms with van der Waals surface area (Å²) >= 11 is 0. The van der Waals surface area contributed by atoms with Crippen LogP contribution in [0.4, 0.5) is 0 Å². The minimum Gasteiger partial charge on any atom is -0.425 e. The van der Waals surface area contributed by atoms with Crippen LogP contribution < -0.4 is 0 Å². The molecule has 1 fully saturated rings. The maximum atomic E-state index is 12.8. The number of aryl methyl sites for hydroxylation is 1. The van der Waals surface area contributed by atoms with Gasteiger partial charge in [0.15, 0.2) is 0 Å². The normalized spacial score (nSPS) is 16.2. The summed E-state index contributed by atoms with van der Waals surface area (Å²) in [4.78, 5) is 14.6. The fraction of sp³-hybridized carbons (Fsp3) is 0.471. The molecule has 26 heavy (non-hydrogen) atoms. The molecule has 140 valence electrons. The number of amides is 1. The number of rotatable bonds is 4. The molecule has 1 saturated heterocycles. The number of hydrogen-bond donors (Lipinski definition) is 0. The van der Waals surface area contributed by atoms with Gasteiger partial charge in [0.1, 0.15) is 0 Å². The van der Waals surface area contributed by atoms with Crippen LogP contribution in [0, 0.1) is 6.92 Å². The highest BCUT2D eigenvalue weighted by Gasteiger charge is 2.28. The van der Waals surface area contributed by atoms with Crippen LogP contribution in [0.25, 0.3) is 0 Å². The Balaban J connectivity index is 1.71. The average molecular weight is 378 g/mol. The topological polar surface area (TPSA) is 96.6 Å². The van der Waals surface area contributed by atoms with Gasteiger partial charge < -0.3 is 9.32 Å². The molecule has 0 saturated carbocycles. The van der Waals surface area contributed by atoms with Crippen LogP contribution in [-0.4, -0.2) is 60.9 Å². The Labute approximate surface area is 152 Å². The highest BCUT2D eigenvalue weighted by Crippen LogP contribution is 2.28. The van der Waals surface area contributed by atoms with Crippen molar-refractivity contribution < 1.29 is 17.6 Å². The smallest absolute Gasteiger partial charge is 0.253 e. The highest BCUT2D eigenvalue weighted by atomic mass is 32.2. The first-order valence-electron chi connectivity index (χ1n) is 8.41. The minimum atomic E-state index is -3.57. The van der Waals surface area contributed by atoms with E-state index in [0.717, 1.165) is 17.1 Å². The molecule has 2 heterocycles. The van der Waals surface area contributed by atoms with Gasteiger partial charge in [-0.05, 0) is 31.0 Å². The lowest BCUT2D eigenvalue weighted by atomic mass is 9.96. The first kappa shape index (κ1) is 18.5. The number of carbonyl (C=O) groups excluding carboxylic acids is 1. The number of piperidine rings is 1. The van der Waals surface area contributed by atoms with E-state index in [1.807, 2.05) is 0 Å². The molecule has 2 aromatic rings. The summed E-state index contributed by atoms with van der Waals surface area (Å²) < 4.78 is 31.1. The number of likely N-dealkylation sites (tertiary alicyclic amines) is 1. The molecule has 0 aliphatic carbocycles. The Morgan fingerprint density at radius 3 is 2.50 bits per heavy atom. The number of benzene rings is 1. The van der Waals surface area contributed by atoms with Gasteiger partial charge in [-0.2, -0.15) is 0 Å². The van der Waals surface area contributed by atoms with E-state index in [4.69, 9.17) is 4.42 Å². The van der Waals surface area contributed by atoms with Crippen molar-refractivity contribution in [2.45, 2.75) is 30.6 Å². The van der Waals surface area contributed by atoms with Crippen LogP contribution in [0.3, 0.4) is 0 Å². The summed E-state index contributed by atoms with van der Waals surface area (Å²) in [6.45, 7) is 2.88. The predicted molar refractivity (Wildman–Crippen MR) is 94.2 cm³/mol. The molecule has 0 N–H and O–H groups in total. The fourth-order valence-electron chi connectivity index (χ4n) is 2.99. The van der Waals surface area contributed by atoms with Gasteiger partial charge in [0, 0.05) is 45.6 Å². The molecule has 1 amide bonds. The van der Waals surface area contributed by atoms with Crippen LogP contribution >= 0.6 is 0 Å². The van der Waals surface area contributed by atoms with Crippen molar-refractivity contribution in [3.8, 4) is 0 Å². The zero-order chi connectivity index (χ0) is 18.9. The average Bonchev–Trinajstić information content (AvgIpc) is 3.07. The summed E-state index contributed by atoms with van der Waals surface area (Å²) in [5.41, 5.74) is 0.375. The molecule has 0 unspecified atom stereocenters. The summed E-state index contributed by atoms with van der Waals surface area (Å²) in [7, 11) is -0.639. The van der Waals surface area contributed by atoms with E-state index in [-0.39, 0.29) is 16.7 Å². The van der Waals surface area contributed by atoms with E-state index >= 15 is 0 Å². The maximum Gasteiger partial charge on any atom is 0.253 e. The molecule has 9 heteroatoms. The van der Waals surface area contributed by atoms with Crippen molar-refractivity contribution in [3.05, 3.63) is 41.6 Å². The molecule has 8 nitrogen and oxygen atoms in total. The van der Waals surface area contributed by atoms with Gasteiger partial charge in [-0.3, -0.25) is 4.79 Å². The third kappa shape index (κ3) is 3.63. The second-order valence-corrected chi connectivity index (χ2v) is 8.69. The fourth-order valence-corrected chi connectivity index (χ4v) is 3.94. The SMILES string of the molecule is Cc1nnc(C2CCN(C(=O)c3cccc(S(=O)(=O)N(C)C)c3)CC2)o1. The molecule has 1 aromatic heterocycles. The Morgan fingerprint density at radius 2 is 1.92 bits per heavy atom. The zero-order valence-corrected chi connectivity index (χ0v) is 15.9. The second-order valence-electron chi connectivity index (χ2n) is 6.54. The van der Waals surface area contributed by atoms with Crippen LogP contribution in [0.2, 0.25) is 0 Å². The van der Waals surface area contributed by atoms with Crippen molar-refractivity contribution in [3.63, 3.8) is 0 Å². The quantitative estimate of drug-likeness (QED) is 0.802. The Hall–Kier alpha value is -2.26. The van der Waals surface area contributed by atoms with Gasteiger partial charge >= 0.3 is 0 Å². The van der Waals surface area contributed by atoms with Crippen LogP contribution in [-0.2, 0) is 10.0 Å². The zero-order valence-electron chi connectivity index (χ0n) is 15.0. The minimum absolute atomic E-state index is 0.115. The monoisotopic (exact) mass is 378 g/mol. The van der Waals surface area contributed by atoms with E-state index < -0.39 is 10.0 Å². The van der Waals surface area contributed by atoms with E-state index in [1.165, 1.54) is 26.2 Å². The van der Waals surface area contributed by atoms with Crippen molar-refractivity contribution in [2.24, 2.45) is 0 Å². The first-order chi connectivity index (χ1) is 12.3. The lowest BCUT2D eigenvalue weighted by Crippen LogP contribution is -2.38. The van der Waals surface area contributed by atoms with Gasteiger partial charge in [0.2, 0.25) is 21.8 Å². The molecule has 0 bridgehead atoms. The van der Waals surface area contributed by atoms with Crippen LogP contribution in [0.15, 0.2) is 33.6 Å². The van der Waals surface area contributed by atoms with Gasteiger partial charge in [-0.1, -0.05) is 6.07 Å². The summed E-state index contributed by atoms with van der Waals surface area (Å²) in [6.07, 6.45) is 1.48. The Kier molecular flexibility index (Phi) is 5.10. The van der Waals surface area contributed by atoms with Crippen LogP contribution in [0.1, 0.15) is 40.9 Å². The molecule has 0 atom stereocenters. The predicted octanol–water partition coefficient (Wildman–Crippen LogP) is 1.65. The van der Waals surface area contributed by atoms with Gasteiger partial charge in [0.25, 0.3) is 5.91 Å². The standard InChI is InChI=1S/C17H22N4O4S/c1-12-18-19-16(25-12)13-7-9-21(10-8-13)17(22)14-5-4-6-15(11-14)26(23,24)20(2)3/h4-6,11,13H,7-10H2,1-3H3. The summed E-state index contributed by atoms with van der Waals surface area (Å²) in [5.74, 6) is 1.15. The number of carbonyl (C=O) groups is 1. The molecule has 1 aromatic carbocycles. The van der Waals surface area contributed by atoms with Crippen molar-refractivity contribution >= 4 is 15.9 Å². The van der Waals surface area contributed by atoms with Gasteiger partial charge in [-0.15, -0.1) is 10.2 Å². The third-order valence-electron chi connectivity index (χ3n) is 4.53. The number of sulfonamides is 1. The molecule has 3 rings (SSSR count). The molecule has 0 radical (unpaired) electrons. The largest absolute Gasteiger partial charge is 0.425 e. The Bertz CT molecular complexity index is 899. The van der Waals surface area contributed by atoms with Crippen LogP contribution in [0.5, 0.6) is 0 Å². The molecular formula is C17H22N4O4S. The second kappa shape index (κ2) is 7.16. The summed E-state index contributed by atoms with van der Waals surface area (Å²) in [5, 5.41) is 7.91. The lowest BCUT2D eigenvalue weighted by molar-refractivity contribution is 0.0705. The van der Waals surface area contributed by atoms with E-state index in [9.17, 15) is 13.2 Å². The van der Waals surface area contributed by atoms with E-state index in [2.05, 4.69) is 10.2 Å². The highest BCUT2D eigenvalue weighted by molar-refractivity contribution is 7.89. The third-order valence-corrected chi connectivity index (χ3v) is 6.34.